The Balaban J connectivity index is 2.25. The van der Waals surface area contributed by atoms with Crippen LogP contribution in [0, 0.1) is 11.8 Å². The van der Waals surface area contributed by atoms with Crippen LogP contribution in [-0.4, -0.2) is 30.8 Å². The lowest BCUT2D eigenvalue weighted by Gasteiger charge is -2.22. The highest BCUT2D eigenvalue weighted by molar-refractivity contribution is 5.83. The van der Waals surface area contributed by atoms with Gasteiger partial charge in [-0.2, -0.15) is 0 Å². The SMILES string of the molecule is CCC(C)CN(C)CC1CCCC1=O. The summed E-state index contributed by atoms with van der Waals surface area (Å²) in [5.41, 5.74) is 0. The molecule has 1 fully saturated rings. The van der Waals surface area contributed by atoms with E-state index in [1.54, 1.807) is 0 Å². The summed E-state index contributed by atoms with van der Waals surface area (Å²) in [6.45, 7) is 6.59. The molecule has 0 aromatic rings. The molecule has 0 radical (unpaired) electrons. The summed E-state index contributed by atoms with van der Waals surface area (Å²) in [7, 11) is 2.14. The molecule has 0 aliphatic heterocycles. The maximum absolute atomic E-state index is 11.4. The van der Waals surface area contributed by atoms with Crippen LogP contribution in [0.5, 0.6) is 0 Å². The van der Waals surface area contributed by atoms with E-state index in [4.69, 9.17) is 0 Å². The van der Waals surface area contributed by atoms with Crippen molar-refractivity contribution in [3.05, 3.63) is 0 Å². The first-order valence-electron chi connectivity index (χ1n) is 5.84. The van der Waals surface area contributed by atoms with Crippen LogP contribution in [0.25, 0.3) is 0 Å². The van der Waals surface area contributed by atoms with Gasteiger partial charge in [0.25, 0.3) is 0 Å². The number of nitrogens with zero attached hydrogens (tertiary/aromatic N) is 1. The highest BCUT2D eigenvalue weighted by Gasteiger charge is 2.25. The topological polar surface area (TPSA) is 20.3 Å². The molecule has 1 aliphatic rings. The van der Waals surface area contributed by atoms with E-state index in [2.05, 4.69) is 25.8 Å². The lowest BCUT2D eigenvalue weighted by Crippen LogP contribution is -2.31. The Hall–Kier alpha value is -0.370. The van der Waals surface area contributed by atoms with Gasteiger partial charge in [-0.25, -0.2) is 0 Å². The molecule has 82 valence electrons. The number of hydrogen-bond acceptors (Lipinski definition) is 2. The van der Waals surface area contributed by atoms with Crippen molar-refractivity contribution in [2.75, 3.05) is 20.1 Å². The fourth-order valence-corrected chi connectivity index (χ4v) is 2.19. The van der Waals surface area contributed by atoms with Gasteiger partial charge in [-0.05, 0) is 25.8 Å². The van der Waals surface area contributed by atoms with Crippen molar-refractivity contribution in [1.82, 2.24) is 4.90 Å². The quantitative estimate of drug-likeness (QED) is 0.674. The summed E-state index contributed by atoms with van der Waals surface area (Å²) in [6.07, 6.45) is 4.27. The molecule has 1 aliphatic carbocycles. The smallest absolute Gasteiger partial charge is 0.137 e. The third-order valence-electron chi connectivity index (χ3n) is 3.28. The van der Waals surface area contributed by atoms with Crippen LogP contribution in [0.1, 0.15) is 39.5 Å². The molecule has 2 heteroatoms. The average molecular weight is 197 g/mol. The van der Waals surface area contributed by atoms with Crippen molar-refractivity contribution in [2.24, 2.45) is 11.8 Å². The summed E-state index contributed by atoms with van der Waals surface area (Å²) in [5.74, 6) is 1.57. The number of hydrogen-bond donors (Lipinski definition) is 0. The predicted molar refractivity (Wildman–Crippen MR) is 59.3 cm³/mol. The molecule has 0 N–H and O–H groups in total. The van der Waals surface area contributed by atoms with Crippen LogP contribution in [0.2, 0.25) is 0 Å². The molecule has 0 aromatic carbocycles. The van der Waals surface area contributed by atoms with Gasteiger partial charge < -0.3 is 4.90 Å². The Labute approximate surface area is 87.7 Å². The normalized spacial score (nSPS) is 24.6. The van der Waals surface area contributed by atoms with Crippen molar-refractivity contribution in [2.45, 2.75) is 39.5 Å². The Kier molecular flexibility index (Phi) is 4.59. The first kappa shape index (κ1) is 11.7. The van der Waals surface area contributed by atoms with Crippen molar-refractivity contribution >= 4 is 5.78 Å². The van der Waals surface area contributed by atoms with E-state index in [0.29, 0.717) is 11.7 Å². The predicted octanol–water partition coefficient (Wildman–Crippen LogP) is 2.33. The average Bonchev–Trinajstić information content (AvgIpc) is 2.51. The molecular formula is C12H23NO. The fourth-order valence-electron chi connectivity index (χ4n) is 2.19. The molecular weight excluding hydrogens is 174 g/mol. The van der Waals surface area contributed by atoms with Crippen molar-refractivity contribution in [1.29, 1.82) is 0 Å². The molecule has 2 atom stereocenters. The lowest BCUT2D eigenvalue weighted by molar-refractivity contribution is -0.121. The minimum atomic E-state index is 0.337. The maximum atomic E-state index is 11.4. The largest absolute Gasteiger partial charge is 0.305 e. The zero-order chi connectivity index (χ0) is 10.6. The first-order valence-corrected chi connectivity index (χ1v) is 5.84. The van der Waals surface area contributed by atoms with Crippen molar-refractivity contribution in [3.8, 4) is 0 Å². The van der Waals surface area contributed by atoms with Crippen LogP contribution >= 0.6 is 0 Å². The van der Waals surface area contributed by atoms with E-state index < -0.39 is 0 Å². The third kappa shape index (κ3) is 3.41. The maximum Gasteiger partial charge on any atom is 0.137 e. The van der Waals surface area contributed by atoms with E-state index >= 15 is 0 Å². The molecule has 0 heterocycles. The van der Waals surface area contributed by atoms with E-state index in [9.17, 15) is 4.79 Å². The second-order valence-electron chi connectivity index (χ2n) is 4.79. The Morgan fingerprint density at radius 1 is 1.57 bits per heavy atom. The molecule has 2 unspecified atom stereocenters. The van der Waals surface area contributed by atoms with Gasteiger partial charge in [0, 0.05) is 25.4 Å². The summed E-state index contributed by atoms with van der Waals surface area (Å²) in [5, 5.41) is 0. The first-order chi connectivity index (χ1) is 6.63. The van der Waals surface area contributed by atoms with E-state index in [1.165, 1.54) is 6.42 Å². The van der Waals surface area contributed by atoms with Crippen molar-refractivity contribution in [3.63, 3.8) is 0 Å². The summed E-state index contributed by atoms with van der Waals surface area (Å²) >= 11 is 0. The van der Waals surface area contributed by atoms with Gasteiger partial charge in [-0.1, -0.05) is 20.3 Å². The van der Waals surface area contributed by atoms with Gasteiger partial charge in [0.2, 0.25) is 0 Å². The van der Waals surface area contributed by atoms with E-state index in [0.717, 1.165) is 38.3 Å². The zero-order valence-electron chi connectivity index (χ0n) is 9.75. The van der Waals surface area contributed by atoms with Gasteiger partial charge in [0.1, 0.15) is 5.78 Å². The highest BCUT2D eigenvalue weighted by atomic mass is 16.1. The number of ketones is 1. The zero-order valence-corrected chi connectivity index (χ0v) is 9.75. The lowest BCUT2D eigenvalue weighted by atomic mass is 10.1. The second kappa shape index (κ2) is 5.50. The van der Waals surface area contributed by atoms with Gasteiger partial charge in [0.15, 0.2) is 0 Å². The summed E-state index contributed by atoms with van der Waals surface area (Å²) in [6, 6.07) is 0. The van der Waals surface area contributed by atoms with E-state index in [-0.39, 0.29) is 0 Å². The molecule has 0 bridgehead atoms. The fraction of sp³-hybridized carbons (Fsp3) is 0.917. The van der Waals surface area contributed by atoms with Crippen LogP contribution in [0.4, 0.5) is 0 Å². The number of carbonyl (C=O) groups is 1. The number of rotatable bonds is 5. The van der Waals surface area contributed by atoms with Crippen LogP contribution < -0.4 is 0 Å². The number of Topliss-reactive ketones (excluding diaryl/α,β-unsaturated/α-hetero) is 1. The third-order valence-corrected chi connectivity index (χ3v) is 3.28. The summed E-state index contributed by atoms with van der Waals surface area (Å²) in [4.78, 5) is 13.8. The molecule has 0 saturated heterocycles. The minimum Gasteiger partial charge on any atom is -0.305 e. The standard InChI is InChI=1S/C12H23NO/c1-4-10(2)8-13(3)9-11-6-5-7-12(11)14/h10-11H,4-9H2,1-3H3. The summed E-state index contributed by atoms with van der Waals surface area (Å²) < 4.78 is 0. The van der Waals surface area contributed by atoms with Gasteiger partial charge >= 0.3 is 0 Å². The highest BCUT2D eigenvalue weighted by Crippen LogP contribution is 2.22. The molecule has 2 nitrogen and oxygen atoms in total. The second-order valence-corrected chi connectivity index (χ2v) is 4.79. The molecule has 0 amide bonds. The number of carbonyl (C=O) groups excluding carboxylic acids is 1. The van der Waals surface area contributed by atoms with Gasteiger partial charge in [-0.3, -0.25) is 4.79 Å². The Bertz CT molecular complexity index is 191. The molecule has 1 rings (SSSR count). The van der Waals surface area contributed by atoms with Gasteiger partial charge in [-0.15, -0.1) is 0 Å². The van der Waals surface area contributed by atoms with Gasteiger partial charge in [0.05, 0.1) is 0 Å². The van der Waals surface area contributed by atoms with Crippen LogP contribution in [0.15, 0.2) is 0 Å². The Morgan fingerprint density at radius 2 is 2.29 bits per heavy atom. The van der Waals surface area contributed by atoms with E-state index in [1.807, 2.05) is 0 Å². The monoisotopic (exact) mass is 197 g/mol. The Morgan fingerprint density at radius 3 is 2.79 bits per heavy atom. The van der Waals surface area contributed by atoms with Crippen LogP contribution in [0.3, 0.4) is 0 Å². The molecule has 0 aromatic heterocycles. The van der Waals surface area contributed by atoms with Crippen molar-refractivity contribution < 1.29 is 4.79 Å². The minimum absolute atomic E-state index is 0.337. The van der Waals surface area contributed by atoms with Crippen LogP contribution in [-0.2, 0) is 4.79 Å². The molecule has 0 spiro atoms. The molecule has 1 saturated carbocycles. The molecule has 14 heavy (non-hydrogen) atoms.